The number of rotatable bonds is 6. The van der Waals surface area contributed by atoms with Gasteiger partial charge >= 0.3 is 0 Å². The number of nitrogens with two attached hydrogens (primary N) is 1. The van der Waals surface area contributed by atoms with E-state index in [4.69, 9.17) is 5.73 Å². The second kappa shape index (κ2) is 7.43. The van der Waals surface area contributed by atoms with Gasteiger partial charge in [-0.3, -0.25) is 4.90 Å². The molecule has 0 bridgehead atoms. The van der Waals surface area contributed by atoms with E-state index in [1.807, 2.05) is 30.3 Å². The average molecular weight is 335 g/mol. The summed E-state index contributed by atoms with van der Waals surface area (Å²) in [5.74, 6) is 0.322. The minimum Gasteiger partial charge on any atom is -0.508 e. The standard InChI is InChI=1S/C16H19BrN2O/c17-15-6-7-16(20)14(10-15)12-19(9-8-18)11-13-4-2-1-3-5-13/h1-7,10,20H,8-9,11-12,18H2. The van der Waals surface area contributed by atoms with Crippen molar-refractivity contribution < 1.29 is 5.11 Å². The smallest absolute Gasteiger partial charge is 0.120 e. The van der Waals surface area contributed by atoms with Gasteiger partial charge in [-0.05, 0) is 23.8 Å². The molecular formula is C16H19BrN2O. The number of nitrogens with zero attached hydrogens (tertiary/aromatic N) is 1. The first-order valence-electron chi connectivity index (χ1n) is 6.63. The van der Waals surface area contributed by atoms with E-state index in [1.165, 1.54) is 5.56 Å². The lowest BCUT2D eigenvalue weighted by Crippen LogP contribution is -2.28. The van der Waals surface area contributed by atoms with E-state index < -0.39 is 0 Å². The second-order valence-electron chi connectivity index (χ2n) is 4.76. The normalized spacial score (nSPS) is 10.9. The topological polar surface area (TPSA) is 49.5 Å². The first-order chi connectivity index (χ1) is 9.69. The van der Waals surface area contributed by atoms with Crippen molar-refractivity contribution in [3.63, 3.8) is 0 Å². The van der Waals surface area contributed by atoms with Gasteiger partial charge in [0.1, 0.15) is 5.75 Å². The fourth-order valence-electron chi connectivity index (χ4n) is 2.16. The summed E-state index contributed by atoms with van der Waals surface area (Å²) in [6.07, 6.45) is 0. The van der Waals surface area contributed by atoms with Crippen molar-refractivity contribution in [2.75, 3.05) is 13.1 Å². The Kier molecular flexibility index (Phi) is 5.59. The van der Waals surface area contributed by atoms with E-state index >= 15 is 0 Å². The molecule has 0 saturated carbocycles. The summed E-state index contributed by atoms with van der Waals surface area (Å²) >= 11 is 3.44. The number of phenolic OH excluding ortho intramolecular Hbond substituents is 1. The van der Waals surface area contributed by atoms with Crippen LogP contribution in [0.4, 0.5) is 0 Å². The van der Waals surface area contributed by atoms with E-state index in [0.29, 0.717) is 18.8 Å². The summed E-state index contributed by atoms with van der Waals surface area (Å²) in [6, 6.07) is 15.8. The second-order valence-corrected chi connectivity index (χ2v) is 5.67. The van der Waals surface area contributed by atoms with Crippen LogP contribution in [0.3, 0.4) is 0 Å². The first kappa shape index (κ1) is 15.0. The number of aromatic hydroxyl groups is 1. The highest BCUT2D eigenvalue weighted by Crippen LogP contribution is 2.23. The van der Waals surface area contributed by atoms with Gasteiger partial charge < -0.3 is 10.8 Å². The molecule has 0 atom stereocenters. The fourth-order valence-corrected chi connectivity index (χ4v) is 2.57. The average Bonchev–Trinajstić information content (AvgIpc) is 2.44. The van der Waals surface area contributed by atoms with Crippen LogP contribution in [-0.4, -0.2) is 23.1 Å². The van der Waals surface area contributed by atoms with Crippen LogP contribution < -0.4 is 5.73 Å². The number of benzene rings is 2. The van der Waals surface area contributed by atoms with E-state index in [0.717, 1.165) is 23.1 Å². The molecule has 0 amide bonds. The minimum atomic E-state index is 0.322. The van der Waals surface area contributed by atoms with E-state index in [1.54, 1.807) is 6.07 Å². The van der Waals surface area contributed by atoms with Crippen molar-refractivity contribution in [3.05, 3.63) is 64.1 Å². The Morgan fingerprint density at radius 1 is 1.05 bits per heavy atom. The summed E-state index contributed by atoms with van der Waals surface area (Å²) in [7, 11) is 0. The molecule has 0 radical (unpaired) electrons. The van der Waals surface area contributed by atoms with E-state index in [9.17, 15) is 5.11 Å². The zero-order valence-electron chi connectivity index (χ0n) is 11.3. The summed E-state index contributed by atoms with van der Waals surface area (Å²) in [5, 5.41) is 9.94. The largest absolute Gasteiger partial charge is 0.508 e. The zero-order chi connectivity index (χ0) is 14.4. The lowest BCUT2D eigenvalue weighted by Gasteiger charge is -2.22. The Morgan fingerprint density at radius 2 is 1.80 bits per heavy atom. The van der Waals surface area contributed by atoms with Gasteiger partial charge in [0, 0.05) is 36.2 Å². The quantitative estimate of drug-likeness (QED) is 0.853. The third kappa shape index (κ3) is 4.34. The van der Waals surface area contributed by atoms with Gasteiger partial charge in [0.15, 0.2) is 0 Å². The monoisotopic (exact) mass is 334 g/mol. The van der Waals surface area contributed by atoms with Crippen molar-refractivity contribution >= 4 is 15.9 Å². The molecule has 2 aromatic carbocycles. The van der Waals surface area contributed by atoms with Gasteiger partial charge in [0.25, 0.3) is 0 Å². The van der Waals surface area contributed by atoms with Crippen LogP contribution in [0.2, 0.25) is 0 Å². The Labute approximate surface area is 128 Å². The highest BCUT2D eigenvalue weighted by molar-refractivity contribution is 9.10. The lowest BCUT2D eigenvalue weighted by atomic mass is 10.1. The van der Waals surface area contributed by atoms with Crippen LogP contribution in [0.25, 0.3) is 0 Å². The van der Waals surface area contributed by atoms with Crippen LogP contribution >= 0.6 is 15.9 Å². The maximum Gasteiger partial charge on any atom is 0.120 e. The van der Waals surface area contributed by atoms with E-state index in [2.05, 4.69) is 33.0 Å². The van der Waals surface area contributed by atoms with Crippen LogP contribution in [0.5, 0.6) is 5.75 Å². The van der Waals surface area contributed by atoms with Crippen molar-refractivity contribution in [1.29, 1.82) is 0 Å². The van der Waals surface area contributed by atoms with Crippen LogP contribution in [-0.2, 0) is 13.1 Å². The van der Waals surface area contributed by atoms with Crippen LogP contribution in [0.15, 0.2) is 53.0 Å². The molecule has 0 aromatic heterocycles. The highest BCUT2D eigenvalue weighted by Gasteiger charge is 2.09. The third-order valence-corrected chi connectivity index (χ3v) is 3.62. The maximum atomic E-state index is 9.94. The van der Waals surface area contributed by atoms with Crippen molar-refractivity contribution in [2.24, 2.45) is 5.73 Å². The summed E-state index contributed by atoms with van der Waals surface area (Å²) in [5.41, 5.74) is 7.84. The molecule has 20 heavy (non-hydrogen) atoms. The first-order valence-corrected chi connectivity index (χ1v) is 7.42. The van der Waals surface area contributed by atoms with Gasteiger partial charge in [-0.2, -0.15) is 0 Å². The Morgan fingerprint density at radius 3 is 2.50 bits per heavy atom. The van der Waals surface area contributed by atoms with Crippen molar-refractivity contribution in [2.45, 2.75) is 13.1 Å². The number of halogens is 1. The predicted octanol–water partition coefficient (Wildman–Crippen LogP) is 3.12. The number of phenols is 1. The van der Waals surface area contributed by atoms with Crippen molar-refractivity contribution in [1.82, 2.24) is 4.90 Å². The molecule has 0 heterocycles. The van der Waals surface area contributed by atoms with Gasteiger partial charge in [-0.15, -0.1) is 0 Å². The van der Waals surface area contributed by atoms with Gasteiger partial charge in [-0.1, -0.05) is 46.3 Å². The van der Waals surface area contributed by atoms with Gasteiger partial charge in [0.05, 0.1) is 0 Å². The van der Waals surface area contributed by atoms with Crippen molar-refractivity contribution in [3.8, 4) is 5.75 Å². The molecule has 0 fully saturated rings. The third-order valence-electron chi connectivity index (χ3n) is 3.13. The number of hydrogen-bond acceptors (Lipinski definition) is 3. The molecule has 3 nitrogen and oxygen atoms in total. The molecule has 0 aliphatic rings. The molecule has 2 aromatic rings. The Balaban J connectivity index is 2.11. The molecule has 0 aliphatic carbocycles. The molecule has 0 spiro atoms. The highest BCUT2D eigenvalue weighted by atomic mass is 79.9. The molecule has 0 unspecified atom stereocenters. The molecular weight excluding hydrogens is 316 g/mol. The summed E-state index contributed by atoms with van der Waals surface area (Å²) in [6.45, 7) is 2.89. The summed E-state index contributed by atoms with van der Waals surface area (Å²) in [4.78, 5) is 2.23. The molecule has 3 N–H and O–H groups in total. The SMILES string of the molecule is NCCN(Cc1ccccc1)Cc1cc(Br)ccc1O. The van der Waals surface area contributed by atoms with Crippen LogP contribution in [0.1, 0.15) is 11.1 Å². The molecule has 2 rings (SSSR count). The number of hydrogen-bond donors (Lipinski definition) is 2. The Hall–Kier alpha value is -1.36. The van der Waals surface area contributed by atoms with Gasteiger partial charge in [0.2, 0.25) is 0 Å². The molecule has 4 heteroatoms. The summed E-state index contributed by atoms with van der Waals surface area (Å²) < 4.78 is 0.970. The zero-order valence-corrected chi connectivity index (χ0v) is 12.9. The molecule has 106 valence electrons. The maximum absolute atomic E-state index is 9.94. The van der Waals surface area contributed by atoms with E-state index in [-0.39, 0.29) is 0 Å². The molecule has 0 aliphatic heterocycles. The minimum absolute atomic E-state index is 0.322. The predicted molar refractivity (Wildman–Crippen MR) is 85.4 cm³/mol. The molecule has 0 saturated heterocycles. The lowest BCUT2D eigenvalue weighted by molar-refractivity contribution is 0.260. The Bertz CT molecular complexity index is 545. The van der Waals surface area contributed by atoms with Crippen LogP contribution in [0, 0.1) is 0 Å². The van der Waals surface area contributed by atoms with Gasteiger partial charge in [-0.25, -0.2) is 0 Å². The fraction of sp³-hybridized carbons (Fsp3) is 0.250.